The Bertz CT molecular complexity index is 370. The lowest BCUT2D eigenvalue weighted by Crippen LogP contribution is -2.26. The van der Waals surface area contributed by atoms with Gasteiger partial charge in [0.15, 0.2) is 0 Å². The highest BCUT2D eigenvalue weighted by Crippen LogP contribution is 2.33. The zero-order valence-electron chi connectivity index (χ0n) is 11.0. The van der Waals surface area contributed by atoms with Crippen LogP contribution in [0.25, 0.3) is 0 Å². The number of carbonyl (C=O) groups excluding carboxylic acids is 1. The number of carboxylic acid groups (broad SMARTS) is 1. The molecule has 3 nitrogen and oxygen atoms in total. The van der Waals surface area contributed by atoms with Crippen LogP contribution in [-0.4, -0.2) is 34.4 Å². The molecule has 0 aliphatic heterocycles. The van der Waals surface area contributed by atoms with Gasteiger partial charge in [-0.3, -0.25) is 0 Å². The lowest BCUT2D eigenvalue weighted by molar-refractivity contribution is -0.301. The summed E-state index contributed by atoms with van der Waals surface area (Å²) in [5.41, 5.74) is 1.09. The van der Waals surface area contributed by atoms with Crippen molar-refractivity contribution >= 4 is 29.5 Å². The first-order valence-electron chi connectivity index (χ1n) is 6.27. The lowest BCUT2D eigenvalue weighted by atomic mass is 10.1. The van der Waals surface area contributed by atoms with Crippen molar-refractivity contribution in [3.05, 3.63) is 35.9 Å². The smallest absolute Gasteiger partial charge is 0.0789 e. The summed E-state index contributed by atoms with van der Waals surface area (Å²) >= 11 is 2.92. The second-order valence-electron chi connectivity index (χ2n) is 4.16. The molecule has 5 heteroatoms. The number of carboxylic acids is 1. The van der Waals surface area contributed by atoms with Gasteiger partial charge in [-0.2, -0.15) is 23.5 Å². The number of rotatable bonds is 9. The van der Waals surface area contributed by atoms with Gasteiger partial charge in [0, 0.05) is 11.5 Å². The second-order valence-corrected chi connectivity index (χ2v) is 6.44. The number of carbonyl (C=O) groups is 1. The molecule has 0 aliphatic rings. The first kappa shape index (κ1) is 16.4. The number of aliphatic carboxylic acids is 1. The number of aliphatic hydroxyl groups excluding tert-OH is 1. The highest BCUT2D eigenvalue weighted by molar-refractivity contribution is 8.00. The van der Waals surface area contributed by atoms with Gasteiger partial charge >= 0.3 is 0 Å². The number of benzene rings is 1. The minimum absolute atomic E-state index is 0.00426. The molecule has 1 N–H and O–H groups in total. The van der Waals surface area contributed by atoms with Gasteiger partial charge in [-0.25, -0.2) is 0 Å². The van der Waals surface area contributed by atoms with Crippen molar-refractivity contribution in [3.8, 4) is 0 Å². The molecule has 0 aliphatic carbocycles. The van der Waals surface area contributed by atoms with Gasteiger partial charge in [0.25, 0.3) is 0 Å². The van der Waals surface area contributed by atoms with Crippen LogP contribution >= 0.6 is 23.5 Å². The Kier molecular flexibility index (Phi) is 8.02. The van der Waals surface area contributed by atoms with Gasteiger partial charge in [-0.1, -0.05) is 37.3 Å². The highest BCUT2D eigenvalue weighted by Gasteiger charge is 2.21. The fourth-order valence-corrected chi connectivity index (χ4v) is 3.67. The average molecular weight is 299 g/mol. The van der Waals surface area contributed by atoms with Crippen molar-refractivity contribution < 1.29 is 15.0 Å². The molecule has 0 amide bonds. The zero-order valence-corrected chi connectivity index (χ0v) is 12.6. The van der Waals surface area contributed by atoms with Crippen LogP contribution in [0.15, 0.2) is 30.3 Å². The molecule has 106 valence electrons. The third-order valence-electron chi connectivity index (χ3n) is 2.49. The summed E-state index contributed by atoms with van der Waals surface area (Å²) < 4.78 is 0. The summed E-state index contributed by atoms with van der Waals surface area (Å²) in [6.45, 7) is 2.10. The topological polar surface area (TPSA) is 60.4 Å². The molecular formula is C14H19O3S2-. The Morgan fingerprint density at radius 2 is 2.05 bits per heavy atom. The molecule has 0 fully saturated rings. The molecule has 0 spiro atoms. The van der Waals surface area contributed by atoms with Crippen LogP contribution in [0.1, 0.15) is 24.2 Å². The van der Waals surface area contributed by atoms with E-state index in [0.29, 0.717) is 5.75 Å². The fourth-order valence-electron chi connectivity index (χ4n) is 1.67. The maximum Gasteiger partial charge on any atom is 0.0789 e. The summed E-state index contributed by atoms with van der Waals surface area (Å²) in [6, 6.07) is 9.86. The summed E-state index contributed by atoms with van der Waals surface area (Å²) in [5, 5.41) is 20.6. The first-order valence-corrected chi connectivity index (χ1v) is 8.47. The third-order valence-corrected chi connectivity index (χ3v) is 5.09. The van der Waals surface area contributed by atoms with Gasteiger partial charge in [0.2, 0.25) is 0 Å². The molecule has 1 aromatic carbocycles. The molecule has 2 atom stereocenters. The Morgan fingerprint density at radius 3 is 2.63 bits per heavy atom. The third kappa shape index (κ3) is 6.36. The second kappa shape index (κ2) is 9.28. The van der Waals surface area contributed by atoms with Crippen LogP contribution in [0.2, 0.25) is 0 Å². The summed E-state index contributed by atoms with van der Waals surface area (Å²) in [7, 11) is 0. The Labute approximate surface area is 122 Å². The van der Waals surface area contributed by atoms with E-state index in [0.717, 1.165) is 17.7 Å². The van der Waals surface area contributed by atoms with Crippen molar-refractivity contribution in [1.29, 1.82) is 0 Å². The Morgan fingerprint density at radius 1 is 1.37 bits per heavy atom. The molecule has 0 saturated carbocycles. The summed E-state index contributed by atoms with van der Waals surface area (Å²) in [6.07, 6.45) is 0.496. The lowest BCUT2D eigenvalue weighted by Gasteiger charge is -2.22. The largest absolute Gasteiger partial charge is 0.549 e. The molecule has 0 heterocycles. The van der Waals surface area contributed by atoms with Crippen molar-refractivity contribution in [2.75, 3.05) is 17.3 Å². The standard InChI is InChI=1S/C14H20O3S2/c1-2-8-19-14(11-6-4-3-5-7-11)12(15)9-18-10-13(16)17/h3-7,12,14-15H,2,8-10H2,1H3,(H,16,17)/p-1. The monoisotopic (exact) mass is 299 g/mol. The molecule has 0 bridgehead atoms. The molecule has 19 heavy (non-hydrogen) atoms. The molecule has 1 rings (SSSR count). The van der Waals surface area contributed by atoms with Gasteiger partial charge in [-0.05, 0) is 17.7 Å². The molecular weight excluding hydrogens is 280 g/mol. The zero-order chi connectivity index (χ0) is 14.1. The quantitative estimate of drug-likeness (QED) is 0.752. The highest BCUT2D eigenvalue weighted by atomic mass is 32.2. The number of aliphatic hydroxyl groups is 1. The predicted octanol–water partition coefficient (Wildman–Crippen LogP) is 1.71. The molecule has 0 radical (unpaired) electrons. The predicted molar refractivity (Wildman–Crippen MR) is 80.3 cm³/mol. The van der Waals surface area contributed by atoms with E-state index in [1.54, 1.807) is 11.8 Å². The normalized spacial score (nSPS) is 14.0. The number of hydrogen-bond donors (Lipinski definition) is 1. The van der Waals surface area contributed by atoms with Crippen LogP contribution in [-0.2, 0) is 4.79 Å². The Balaban J connectivity index is 2.60. The van der Waals surface area contributed by atoms with E-state index in [-0.39, 0.29) is 11.0 Å². The van der Waals surface area contributed by atoms with Crippen molar-refractivity contribution in [1.82, 2.24) is 0 Å². The van der Waals surface area contributed by atoms with E-state index < -0.39 is 12.1 Å². The molecule has 0 aromatic heterocycles. The van der Waals surface area contributed by atoms with E-state index in [1.165, 1.54) is 11.8 Å². The maximum atomic E-state index is 10.4. The van der Waals surface area contributed by atoms with E-state index in [1.807, 2.05) is 30.3 Å². The fraction of sp³-hybridized carbons (Fsp3) is 0.500. The minimum Gasteiger partial charge on any atom is -0.549 e. The van der Waals surface area contributed by atoms with E-state index in [4.69, 9.17) is 0 Å². The maximum absolute atomic E-state index is 10.4. The molecule has 2 unspecified atom stereocenters. The van der Waals surface area contributed by atoms with Crippen LogP contribution in [0.3, 0.4) is 0 Å². The number of thioether (sulfide) groups is 2. The number of hydrogen-bond acceptors (Lipinski definition) is 5. The minimum atomic E-state index is -1.09. The van der Waals surface area contributed by atoms with Gasteiger partial charge < -0.3 is 15.0 Å². The van der Waals surface area contributed by atoms with Crippen molar-refractivity contribution in [2.24, 2.45) is 0 Å². The van der Waals surface area contributed by atoms with Gasteiger partial charge in [0.1, 0.15) is 0 Å². The van der Waals surface area contributed by atoms with Crippen LogP contribution in [0, 0.1) is 0 Å². The van der Waals surface area contributed by atoms with E-state index in [9.17, 15) is 15.0 Å². The average Bonchev–Trinajstić information content (AvgIpc) is 2.40. The SMILES string of the molecule is CCCSC(c1ccccc1)C(O)CSCC(=O)[O-]. The molecule has 1 aromatic rings. The summed E-state index contributed by atoms with van der Waals surface area (Å²) in [4.78, 5) is 10.4. The van der Waals surface area contributed by atoms with Crippen LogP contribution in [0.5, 0.6) is 0 Å². The molecule has 0 saturated heterocycles. The van der Waals surface area contributed by atoms with Crippen molar-refractivity contribution in [3.63, 3.8) is 0 Å². The first-order chi connectivity index (χ1) is 9.15. The van der Waals surface area contributed by atoms with Crippen molar-refractivity contribution in [2.45, 2.75) is 24.7 Å². The Hall–Kier alpha value is -0.650. The van der Waals surface area contributed by atoms with Gasteiger partial charge in [-0.15, -0.1) is 0 Å². The van der Waals surface area contributed by atoms with Crippen LogP contribution < -0.4 is 5.11 Å². The van der Waals surface area contributed by atoms with E-state index >= 15 is 0 Å². The van der Waals surface area contributed by atoms with E-state index in [2.05, 4.69) is 6.92 Å². The van der Waals surface area contributed by atoms with Gasteiger partial charge in [0.05, 0.1) is 17.3 Å². The summed E-state index contributed by atoms with van der Waals surface area (Å²) in [5.74, 6) is 0.220. The van der Waals surface area contributed by atoms with Crippen LogP contribution in [0.4, 0.5) is 0 Å².